The standard InChI is InChI=1S/C14H17NO3/c1-11-6-7-13(15-14(17)10-18-2)9-12(11)5-3-4-8-16/h6-7,9,16H,4,8,10H2,1-2H3,(H,15,17). The maximum Gasteiger partial charge on any atom is 0.250 e. The van der Waals surface area contributed by atoms with Crippen molar-refractivity contribution < 1.29 is 14.6 Å². The molecular formula is C14H17NO3. The van der Waals surface area contributed by atoms with Crippen LogP contribution in [0.15, 0.2) is 18.2 Å². The molecule has 0 saturated heterocycles. The molecule has 1 aromatic carbocycles. The number of hydrogen-bond acceptors (Lipinski definition) is 3. The van der Waals surface area contributed by atoms with Gasteiger partial charge in [-0.05, 0) is 24.6 Å². The zero-order valence-corrected chi connectivity index (χ0v) is 10.6. The number of aliphatic hydroxyl groups excluding tert-OH is 1. The van der Waals surface area contributed by atoms with Crippen LogP contribution in [-0.4, -0.2) is 31.3 Å². The summed E-state index contributed by atoms with van der Waals surface area (Å²) in [6.07, 6.45) is 0.444. The SMILES string of the molecule is COCC(=O)Nc1ccc(C)c(C#CCCO)c1. The van der Waals surface area contributed by atoms with E-state index in [4.69, 9.17) is 9.84 Å². The number of carbonyl (C=O) groups excluding carboxylic acids is 1. The van der Waals surface area contributed by atoms with Gasteiger partial charge < -0.3 is 15.2 Å². The third-order valence-electron chi connectivity index (χ3n) is 2.26. The van der Waals surface area contributed by atoms with Gasteiger partial charge in [-0.15, -0.1) is 0 Å². The third-order valence-corrected chi connectivity index (χ3v) is 2.26. The minimum Gasteiger partial charge on any atom is -0.395 e. The van der Waals surface area contributed by atoms with E-state index in [0.29, 0.717) is 12.1 Å². The smallest absolute Gasteiger partial charge is 0.250 e. The van der Waals surface area contributed by atoms with Crippen molar-refractivity contribution in [3.8, 4) is 11.8 Å². The van der Waals surface area contributed by atoms with E-state index in [1.54, 1.807) is 0 Å². The fourth-order valence-electron chi connectivity index (χ4n) is 1.38. The lowest BCUT2D eigenvalue weighted by Crippen LogP contribution is -2.17. The lowest BCUT2D eigenvalue weighted by atomic mass is 10.1. The molecule has 0 spiro atoms. The minimum absolute atomic E-state index is 0.0272. The molecule has 0 aliphatic rings. The van der Waals surface area contributed by atoms with Crippen molar-refractivity contribution in [2.75, 3.05) is 25.6 Å². The van der Waals surface area contributed by atoms with E-state index in [9.17, 15) is 4.79 Å². The number of aliphatic hydroxyl groups is 1. The second kappa shape index (κ2) is 7.49. The Kier molecular flexibility index (Phi) is 5.92. The lowest BCUT2D eigenvalue weighted by molar-refractivity contribution is -0.119. The summed E-state index contributed by atoms with van der Waals surface area (Å²) in [5, 5.41) is 11.4. The Hall–Kier alpha value is -1.83. The van der Waals surface area contributed by atoms with Crippen LogP contribution in [-0.2, 0) is 9.53 Å². The first-order valence-electron chi connectivity index (χ1n) is 5.66. The van der Waals surface area contributed by atoms with Gasteiger partial charge in [0.1, 0.15) is 6.61 Å². The fraction of sp³-hybridized carbons (Fsp3) is 0.357. The largest absolute Gasteiger partial charge is 0.395 e. The molecule has 0 heterocycles. The number of hydrogen-bond donors (Lipinski definition) is 2. The van der Waals surface area contributed by atoms with Crippen LogP contribution in [0.3, 0.4) is 0 Å². The highest BCUT2D eigenvalue weighted by molar-refractivity contribution is 5.91. The third kappa shape index (κ3) is 4.58. The number of methoxy groups -OCH3 is 1. The molecule has 4 nitrogen and oxygen atoms in total. The maximum absolute atomic E-state index is 11.4. The van der Waals surface area contributed by atoms with Gasteiger partial charge in [-0.3, -0.25) is 4.79 Å². The molecule has 2 N–H and O–H groups in total. The van der Waals surface area contributed by atoms with Crippen molar-refractivity contribution >= 4 is 11.6 Å². The molecule has 96 valence electrons. The first-order valence-corrected chi connectivity index (χ1v) is 5.66. The topological polar surface area (TPSA) is 58.6 Å². The van der Waals surface area contributed by atoms with Crippen LogP contribution in [0.5, 0.6) is 0 Å². The first-order chi connectivity index (χ1) is 8.67. The summed E-state index contributed by atoms with van der Waals surface area (Å²) in [7, 11) is 1.47. The molecule has 0 aliphatic heterocycles. The van der Waals surface area contributed by atoms with Crippen LogP contribution in [0.25, 0.3) is 0 Å². The van der Waals surface area contributed by atoms with Crippen LogP contribution in [0, 0.1) is 18.8 Å². The highest BCUT2D eigenvalue weighted by atomic mass is 16.5. The Labute approximate surface area is 107 Å². The van der Waals surface area contributed by atoms with E-state index < -0.39 is 0 Å². The Balaban J connectivity index is 2.81. The number of aryl methyl sites for hydroxylation is 1. The molecule has 0 radical (unpaired) electrons. The van der Waals surface area contributed by atoms with Gasteiger partial charge in [0.15, 0.2) is 0 Å². The summed E-state index contributed by atoms with van der Waals surface area (Å²) >= 11 is 0. The van der Waals surface area contributed by atoms with Crippen LogP contribution in [0.2, 0.25) is 0 Å². The molecule has 0 unspecified atom stereocenters. The monoisotopic (exact) mass is 247 g/mol. The van der Waals surface area contributed by atoms with Crippen molar-refractivity contribution in [2.45, 2.75) is 13.3 Å². The van der Waals surface area contributed by atoms with Crippen molar-refractivity contribution in [3.05, 3.63) is 29.3 Å². The number of ether oxygens (including phenoxy) is 1. The van der Waals surface area contributed by atoms with Gasteiger partial charge in [0, 0.05) is 24.8 Å². The molecule has 0 aliphatic carbocycles. The Morgan fingerprint density at radius 2 is 2.28 bits per heavy atom. The van der Waals surface area contributed by atoms with Crippen molar-refractivity contribution in [3.63, 3.8) is 0 Å². The van der Waals surface area contributed by atoms with Gasteiger partial charge in [0.2, 0.25) is 5.91 Å². The van der Waals surface area contributed by atoms with Crippen LogP contribution in [0.4, 0.5) is 5.69 Å². The Morgan fingerprint density at radius 1 is 1.50 bits per heavy atom. The second-order valence-electron chi connectivity index (χ2n) is 3.79. The van der Waals surface area contributed by atoms with E-state index in [2.05, 4.69) is 17.2 Å². The summed E-state index contributed by atoms with van der Waals surface area (Å²) in [6.45, 7) is 2.03. The molecule has 0 saturated carbocycles. The molecule has 1 amide bonds. The van der Waals surface area contributed by atoms with Crippen molar-refractivity contribution in [1.29, 1.82) is 0 Å². The molecule has 0 aromatic heterocycles. The number of carbonyl (C=O) groups is 1. The van der Waals surface area contributed by atoms with Crippen LogP contribution >= 0.6 is 0 Å². The minimum atomic E-state index is -0.198. The fourth-order valence-corrected chi connectivity index (χ4v) is 1.38. The van der Waals surface area contributed by atoms with Gasteiger partial charge in [-0.25, -0.2) is 0 Å². The quantitative estimate of drug-likeness (QED) is 0.789. The predicted molar refractivity (Wildman–Crippen MR) is 70.3 cm³/mol. The number of anilines is 1. The molecule has 1 rings (SSSR count). The molecule has 4 heteroatoms. The number of benzene rings is 1. The van der Waals surface area contributed by atoms with Gasteiger partial charge in [0.05, 0.1) is 6.61 Å². The average Bonchev–Trinajstić information content (AvgIpc) is 2.34. The van der Waals surface area contributed by atoms with Crippen molar-refractivity contribution in [2.24, 2.45) is 0 Å². The zero-order valence-electron chi connectivity index (χ0n) is 10.6. The molecule has 1 aromatic rings. The van der Waals surface area contributed by atoms with E-state index >= 15 is 0 Å². The first kappa shape index (κ1) is 14.2. The molecule has 0 fully saturated rings. The van der Waals surface area contributed by atoms with Crippen molar-refractivity contribution in [1.82, 2.24) is 0 Å². The summed E-state index contributed by atoms with van der Waals surface area (Å²) < 4.78 is 4.74. The van der Waals surface area contributed by atoms with Gasteiger partial charge in [0.25, 0.3) is 0 Å². The predicted octanol–water partition coefficient (Wildman–Crippen LogP) is 1.31. The number of amides is 1. The summed E-state index contributed by atoms with van der Waals surface area (Å²) in [5.74, 6) is 5.63. The number of rotatable bonds is 4. The van der Waals surface area contributed by atoms with Gasteiger partial charge >= 0.3 is 0 Å². The molecule has 18 heavy (non-hydrogen) atoms. The van der Waals surface area contributed by atoms with Gasteiger partial charge in [-0.2, -0.15) is 0 Å². The summed E-state index contributed by atoms with van der Waals surface area (Å²) in [4.78, 5) is 11.4. The second-order valence-corrected chi connectivity index (χ2v) is 3.79. The van der Waals surface area contributed by atoms with E-state index in [-0.39, 0.29) is 19.1 Å². The van der Waals surface area contributed by atoms with Crippen LogP contribution in [0.1, 0.15) is 17.5 Å². The Bertz CT molecular complexity index is 472. The summed E-state index contributed by atoms with van der Waals surface area (Å²) in [6, 6.07) is 5.53. The van der Waals surface area contributed by atoms with Crippen LogP contribution < -0.4 is 5.32 Å². The number of nitrogens with one attached hydrogen (secondary N) is 1. The summed E-state index contributed by atoms with van der Waals surface area (Å²) in [5.41, 5.74) is 2.57. The normalized spacial score (nSPS) is 9.50. The lowest BCUT2D eigenvalue weighted by Gasteiger charge is -2.06. The van der Waals surface area contributed by atoms with E-state index in [1.807, 2.05) is 25.1 Å². The molecule has 0 atom stereocenters. The molecule has 0 bridgehead atoms. The van der Waals surface area contributed by atoms with E-state index in [0.717, 1.165) is 11.1 Å². The highest BCUT2D eigenvalue weighted by Gasteiger charge is 2.03. The highest BCUT2D eigenvalue weighted by Crippen LogP contribution is 2.14. The average molecular weight is 247 g/mol. The van der Waals surface area contributed by atoms with E-state index in [1.165, 1.54) is 7.11 Å². The maximum atomic E-state index is 11.4. The molecular weight excluding hydrogens is 230 g/mol. The Morgan fingerprint density at radius 3 is 2.94 bits per heavy atom. The van der Waals surface area contributed by atoms with Gasteiger partial charge in [-0.1, -0.05) is 17.9 Å². The zero-order chi connectivity index (χ0) is 13.4.